The van der Waals surface area contributed by atoms with Gasteiger partial charge in [0, 0.05) is 80.7 Å². The zero-order chi connectivity index (χ0) is 50.6. The van der Waals surface area contributed by atoms with E-state index in [1.807, 2.05) is 38.9 Å². The summed E-state index contributed by atoms with van der Waals surface area (Å²) in [5.74, 6) is -2.68. The van der Waals surface area contributed by atoms with E-state index >= 15 is 0 Å². The van der Waals surface area contributed by atoms with Gasteiger partial charge in [0.1, 0.15) is 23.9 Å². The number of fused-ring (bicyclic) bond motifs is 6. The van der Waals surface area contributed by atoms with Crippen molar-refractivity contribution in [3.05, 3.63) is 89.5 Å². The Morgan fingerprint density at radius 3 is 2.43 bits per heavy atom. The summed E-state index contributed by atoms with van der Waals surface area (Å²) >= 11 is 0. The summed E-state index contributed by atoms with van der Waals surface area (Å²) in [6, 6.07) is 17.2. The van der Waals surface area contributed by atoms with Crippen molar-refractivity contribution in [2.24, 2.45) is 17.3 Å². The third kappa shape index (κ3) is 11.8. The molecule has 4 aromatic rings. The molecule has 0 unspecified atom stereocenters. The van der Waals surface area contributed by atoms with E-state index in [2.05, 4.69) is 97.5 Å². The number of ether oxygens (including phenoxy) is 1. The van der Waals surface area contributed by atoms with E-state index in [1.54, 1.807) is 30.2 Å². The molecule has 4 atom stereocenters. The van der Waals surface area contributed by atoms with Crippen LogP contribution in [0.1, 0.15) is 70.6 Å². The lowest BCUT2D eigenvalue weighted by atomic mass is 9.84. The van der Waals surface area contributed by atoms with Crippen molar-refractivity contribution < 1.29 is 33.8 Å². The van der Waals surface area contributed by atoms with Gasteiger partial charge in [-0.1, -0.05) is 70.2 Å². The summed E-state index contributed by atoms with van der Waals surface area (Å²) in [7, 11) is 9.58. The quantitative estimate of drug-likeness (QED) is 0.116. The van der Waals surface area contributed by atoms with Crippen molar-refractivity contribution in [3.63, 3.8) is 0 Å². The molecule has 4 heterocycles. The van der Waals surface area contributed by atoms with Gasteiger partial charge in [-0.05, 0) is 119 Å². The molecule has 15 nitrogen and oxygen atoms in total. The molecule has 3 aromatic carbocycles. The van der Waals surface area contributed by atoms with Gasteiger partial charge < -0.3 is 39.3 Å². The van der Waals surface area contributed by atoms with E-state index in [0.717, 1.165) is 51.9 Å². The van der Waals surface area contributed by atoms with Crippen molar-refractivity contribution in [2.45, 2.75) is 97.9 Å². The van der Waals surface area contributed by atoms with Crippen molar-refractivity contribution in [2.75, 3.05) is 68.0 Å². The number of hydrogen-bond donors (Lipinski definition) is 3. The van der Waals surface area contributed by atoms with Gasteiger partial charge in [0.15, 0.2) is 0 Å². The fourth-order valence-corrected chi connectivity index (χ4v) is 10.5. The second kappa shape index (κ2) is 21.9. The van der Waals surface area contributed by atoms with Crippen LogP contribution in [0.2, 0.25) is 0 Å². The van der Waals surface area contributed by atoms with Crippen LogP contribution in [0.5, 0.6) is 5.75 Å². The number of likely N-dealkylation sites (tertiary alicyclic amines) is 1. The van der Waals surface area contributed by atoms with Gasteiger partial charge in [0.25, 0.3) is 5.91 Å². The van der Waals surface area contributed by atoms with Crippen molar-refractivity contribution >= 4 is 40.5 Å². The number of nitrogens with zero attached hydrogens (tertiary/aromatic N) is 6. The summed E-state index contributed by atoms with van der Waals surface area (Å²) < 4.78 is 8.51. The second-order valence-electron chi connectivity index (χ2n) is 21.2. The van der Waals surface area contributed by atoms with Crippen LogP contribution in [0, 0.1) is 17.3 Å². The van der Waals surface area contributed by atoms with Crippen LogP contribution in [-0.2, 0) is 54.6 Å². The van der Waals surface area contributed by atoms with Gasteiger partial charge in [-0.3, -0.25) is 29.0 Å². The average molecular weight is 959 g/mol. The van der Waals surface area contributed by atoms with Crippen molar-refractivity contribution in [3.8, 4) is 28.1 Å². The van der Waals surface area contributed by atoms with E-state index < -0.39 is 47.2 Å². The number of carbonyl (C=O) groups is 5. The SMILES string of the molecule is CCn1c(-c2ccccc2CN(C)C)c2c3cc(ccc31)-c1cc(O)cc(c1)C[C@H](NC(=O)[C@H](C(C)C)N(C)C(=O)[C@H]1CCN(C(=O)/C=C/CN(C)C)C1)C(=O)N1CCC[C@H](N1)C(=O)OCC(C)(C)C2. The Balaban J connectivity index is 1.26. The average Bonchev–Trinajstić information content (AvgIpc) is 3.92. The number of phenols is 1. The van der Waals surface area contributed by atoms with E-state index in [0.29, 0.717) is 44.3 Å². The molecule has 15 heteroatoms. The Labute approximate surface area is 413 Å². The zero-order valence-corrected chi connectivity index (χ0v) is 42.9. The summed E-state index contributed by atoms with van der Waals surface area (Å²) in [6.45, 7) is 13.3. The normalized spacial score (nSPS) is 20.3. The Morgan fingerprint density at radius 2 is 1.71 bits per heavy atom. The molecule has 0 aliphatic carbocycles. The minimum Gasteiger partial charge on any atom is -0.508 e. The summed E-state index contributed by atoms with van der Waals surface area (Å²) in [6.07, 6.45) is 5.37. The van der Waals surface area contributed by atoms with E-state index in [9.17, 15) is 29.1 Å². The maximum atomic E-state index is 14.8. The molecule has 2 saturated heterocycles. The Morgan fingerprint density at radius 1 is 0.957 bits per heavy atom. The first-order chi connectivity index (χ1) is 33.2. The first kappa shape index (κ1) is 51.8. The molecule has 2 fully saturated rings. The van der Waals surface area contributed by atoms with Crippen LogP contribution in [0.3, 0.4) is 0 Å². The first-order valence-corrected chi connectivity index (χ1v) is 24.9. The zero-order valence-electron chi connectivity index (χ0n) is 42.9. The number of hydrazine groups is 1. The molecule has 376 valence electrons. The fraction of sp³-hybridized carbons (Fsp3) is 0.509. The molecule has 0 saturated carbocycles. The molecule has 0 spiro atoms. The number of benzene rings is 3. The number of cyclic esters (lactones) is 1. The molecule has 3 aliphatic heterocycles. The Kier molecular flexibility index (Phi) is 16.2. The molecule has 70 heavy (non-hydrogen) atoms. The molecule has 4 amide bonds. The highest BCUT2D eigenvalue weighted by atomic mass is 16.5. The van der Waals surface area contributed by atoms with Gasteiger partial charge >= 0.3 is 5.97 Å². The number of aromatic nitrogens is 1. The van der Waals surface area contributed by atoms with Crippen LogP contribution in [0.25, 0.3) is 33.3 Å². The number of aromatic hydroxyl groups is 1. The van der Waals surface area contributed by atoms with E-state index in [1.165, 1.54) is 21.5 Å². The molecular weight excluding hydrogens is 885 g/mol. The van der Waals surface area contributed by atoms with Crippen LogP contribution in [-0.4, -0.2) is 150 Å². The van der Waals surface area contributed by atoms with Gasteiger partial charge in [-0.25, -0.2) is 5.43 Å². The molecule has 7 rings (SSSR count). The lowest BCUT2D eigenvalue weighted by Crippen LogP contribution is -2.62. The molecule has 3 aliphatic rings. The van der Waals surface area contributed by atoms with Crippen molar-refractivity contribution in [1.29, 1.82) is 0 Å². The fourth-order valence-electron chi connectivity index (χ4n) is 10.5. The summed E-state index contributed by atoms with van der Waals surface area (Å²) in [5, 5.41) is 16.9. The maximum absolute atomic E-state index is 14.8. The third-order valence-electron chi connectivity index (χ3n) is 13.9. The van der Waals surface area contributed by atoms with Crippen LogP contribution >= 0.6 is 0 Å². The monoisotopic (exact) mass is 959 g/mol. The molecule has 3 N–H and O–H groups in total. The number of phenolic OH excluding ortho intramolecular Hbond substituents is 1. The number of likely N-dealkylation sites (N-methyl/N-ethyl adjacent to an activating group) is 2. The lowest BCUT2D eigenvalue weighted by molar-refractivity contribution is -0.155. The molecular formula is C55H74N8O7. The number of aryl methyl sites for hydroxylation is 1. The van der Waals surface area contributed by atoms with E-state index in [-0.39, 0.29) is 49.6 Å². The standard InChI is InChI=1S/C55H74N8O7/c1-11-62-47-21-20-37-30-43(47)44(50(62)42-17-13-12-16-38(42)32-59(8)9)31-55(4,5)34-70-54(69)45-18-14-24-63(57-45)53(68)46(28-36-26-40(37)29-41(64)27-36)56-51(66)49(35(2)3)60(10)52(67)39-22-25-61(33-39)48(65)19-15-23-58(6)7/h12-13,15-17,19-21,26-27,29-30,35,39,45-46,49,57,64H,11,14,18,22-25,28,31-34H2,1-10H3,(H,56,66)/b19-15+/t39-,45-,46-,49-/m0/s1. The molecule has 0 radical (unpaired) electrons. The van der Waals surface area contributed by atoms with Crippen molar-refractivity contribution in [1.82, 2.24) is 39.9 Å². The molecule has 1 aromatic heterocycles. The number of carbonyl (C=O) groups excluding carboxylic acids is 5. The van der Waals surface area contributed by atoms with Crippen LogP contribution in [0.4, 0.5) is 0 Å². The number of nitrogens with one attached hydrogen (secondary N) is 2. The third-order valence-corrected chi connectivity index (χ3v) is 13.9. The highest BCUT2D eigenvalue weighted by Crippen LogP contribution is 2.42. The van der Waals surface area contributed by atoms with Gasteiger partial charge in [0.2, 0.25) is 17.7 Å². The summed E-state index contributed by atoms with van der Waals surface area (Å²) in [4.78, 5) is 77.7. The lowest BCUT2D eigenvalue weighted by Gasteiger charge is -2.37. The number of rotatable bonds is 12. The molecule has 6 bridgehead atoms. The van der Waals surface area contributed by atoms with Crippen LogP contribution in [0.15, 0.2) is 72.8 Å². The number of amides is 4. The predicted molar refractivity (Wildman–Crippen MR) is 273 cm³/mol. The second-order valence-corrected chi connectivity index (χ2v) is 21.2. The Hall–Kier alpha value is -6.03. The largest absolute Gasteiger partial charge is 0.508 e. The first-order valence-electron chi connectivity index (χ1n) is 24.9. The van der Waals surface area contributed by atoms with Gasteiger partial charge in [-0.2, -0.15) is 0 Å². The maximum Gasteiger partial charge on any atom is 0.324 e. The minimum absolute atomic E-state index is 0.00345. The smallest absolute Gasteiger partial charge is 0.324 e. The highest BCUT2D eigenvalue weighted by Gasteiger charge is 2.40. The van der Waals surface area contributed by atoms with Gasteiger partial charge in [-0.15, -0.1) is 0 Å². The predicted octanol–water partition coefficient (Wildman–Crippen LogP) is 5.86. The number of hydrogen-bond acceptors (Lipinski definition) is 10. The summed E-state index contributed by atoms with van der Waals surface area (Å²) in [5.41, 5.74) is 10.5. The van der Waals surface area contributed by atoms with E-state index in [4.69, 9.17) is 4.74 Å². The minimum atomic E-state index is -1.15. The van der Waals surface area contributed by atoms with Crippen LogP contribution < -0.4 is 10.7 Å². The number of esters is 1. The van der Waals surface area contributed by atoms with Gasteiger partial charge in [0.05, 0.1) is 18.2 Å². The topological polar surface area (TPSA) is 160 Å². The Bertz CT molecular complexity index is 2620. The highest BCUT2D eigenvalue weighted by molar-refractivity contribution is 5.96.